The lowest BCUT2D eigenvalue weighted by Crippen LogP contribution is -2.29. The van der Waals surface area contributed by atoms with Gasteiger partial charge in [-0.3, -0.25) is 11.3 Å². The van der Waals surface area contributed by atoms with Gasteiger partial charge in [0.1, 0.15) is 0 Å². The van der Waals surface area contributed by atoms with Crippen molar-refractivity contribution in [2.24, 2.45) is 5.84 Å². The van der Waals surface area contributed by atoms with E-state index < -0.39 is 0 Å². The summed E-state index contributed by atoms with van der Waals surface area (Å²) in [4.78, 5) is 4.48. The van der Waals surface area contributed by atoms with E-state index >= 15 is 0 Å². The molecule has 0 aliphatic rings. The third kappa shape index (κ3) is 3.16. The number of nitrogens with one attached hydrogen (secondary N) is 1. The van der Waals surface area contributed by atoms with E-state index in [1.165, 1.54) is 11.1 Å². The van der Waals surface area contributed by atoms with E-state index in [0.717, 1.165) is 23.5 Å². The number of benzene rings is 1. The predicted octanol–water partition coefficient (Wildman–Crippen LogP) is 2.76. The first-order valence-electron chi connectivity index (χ1n) is 6.19. The van der Waals surface area contributed by atoms with Crippen molar-refractivity contribution in [2.45, 2.75) is 32.7 Å². The molecule has 1 atom stereocenters. The zero-order valence-corrected chi connectivity index (χ0v) is 11.6. The molecule has 0 amide bonds. The molecule has 96 valence electrons. The Balaban J connectivity index is 2.12. The Bertz CT molecular complexity index is 490. The van der Waals surface area contributed by atoms with Crippen LogP contribution < -0.4 is 11.3 Å². The maximum absolute atomic E-state index is 5.66. The molecule has 3 nitrogen and oxygen atoms in total. The van der Waals surface area contributed by atoms with Gasteiger partial charge in [-0.05, 0) is 24.5 Å². The summed E-state index contributed by atoms with van der Waals surface area (Å²) in [6, 6.07) is 8.72. The fraction of sp³-hybridized carbons (Fsp3) is 0.357. The van der Waals surface area contributed by atoms with Crippen molar-refractivity contribution in [3.8, 4) is 0 Å². The molecule has 0 saturated carbocycles. The summed E-state index contributed by atoms with van der Waals surface area (Å²) in [5.41, 5.74) is 6.53. The second-order valence-electron chi connectivity index (χ2n) is 4.38. The number of nitrogens with two attached hydrogens (primary N) is 1. The lowest BCUT2D eigenvalue weighted by molar-refractivity contribution is 0.546. The molecule has 0 aliphatic carbocycles. The maximum Gasteiger partial charge on any atom is 0.0897 e. The Labute approximate surface area is 112 Å². The van der Waals surface area contributed by atoms with Crippen molar-refractivity contribution in [3.63, 3.8) is 0 Å². The number of rotatable bonds is 5. The molecule has 1 aromatic heterocycles. The monoisotopic (exact) mass is 261 g/mol. The van der Waals surface area contributed by atoms with Gasteiger partial charge in [0.15, 0.2) is 0 Å². The lowest BCUT2D eigenvalue weighted by atomic mass is 10.0. The summed E-state index contributed by atoms with van der Waals surface area (Å²) < 4.78 is 0. The van der Waals surface area contributed by atoms with Crippen LogP contribution in [0.25, 0.3) is 0 Å². The first-order chi connectivity index (χ1) is 8.72. The number of hydrazine groups is 1. The minimum absolute atomic E-state index is 0.123. The highest BCUT2D eigenvalue weighted by Gasteiger charge is 2.12. The molecule has 1 aromatic carbocycles. The van der Waals surface area contributed by atoms with E-state index in [0.29, 0.717) is 0 Å². The van der Waals surface area contributed by atoms with E-state index in [-0.39, 0.29) is 6.04 Å². The summed E-state index contributed by atoms with van der Waals surface area (Å²) in [6.45, 7) is 4.18. The summed E-state index contributed by atoms with van der Waals surface area (Å²) in [7, 11) is 0. The molecular weight excluding hydrogens is 242 g/mol. The van der Waals surface area contributed by atoms with Gasteiger partial charge in [0.2, 0.25) is 0 Å². The van der Waals surface area contributed by atoms with Crippen LogP contribution in [-0.4, -0.2) is 4.98 Å². The maximum atomic E-state index is 5.66. The van der Waals surface area contributed by atoms with E-state index in [2.05, 4.69) is 47.0 Å². The number of hydrogen-bond acceptors (Lipinski definition) is 4. The number of hydrogen-bond donors (Lipinski definition) is 2. The normalized spacial score (nSPS) is 12.6. The molecule has 0 radical (unpaired) electrons. The van der Waals surface area contributed by atoms with Gasteiger partial charge in [0.05, 0.1) is 16.7 Å². The third-order valence-corrected chi connectivity index (χ3v) is 3.89. The quantitative estimate of drug-likeness (QED) is 0.643. The lowest BCUT2D eigenvalue weighted by Gasteiger charge is -2.15. The summed E-state index contributed by atoms with van der Waals surface area (Å²) in [5.74, 6) is 5.66. The molecule has 18 heavy (non-hydrogen) atoms. The zero-order valence-electron chi connectivity index (χ0n) is 10.8. The van der Waals surface area contributed by atoms with Gasteiger partial charge >= 0.3 is 0 Å². The van der Waals surface area contributed by atoms with E-state index in [1.54, 1.807) is 11.3 Å². The van der Waals surface area contributed by atoms with Gasteiger partial charge in [0, 0.05) is 11.8 Å². The Morgan fingerprint density at radius 1 is 1.33 bits per heavy atom. The second-order valence-corrected chi connectivity index (χ2v) is 5.44. The molecule has 0 fully saturated rings. The predicted molar refractivity (Wildman–Crippen MR) is 76.4 cm³/mol. The molecular formula is C14H19N3S. The van der Waals surface area contributed by atoms with E-state index in [4.69, 9.17) is 5.84 Å². The van der Waals surface area contributed by atoms with Crippen LogP contribution in [0.2, 0.25) is 0 Å². The standard InChI is InChI=1S/C14H19N3S/c1-3-11-4-6-12(7-5-11)14(17-15)8-13-9-18-10(2)16-13/h4-7,9,14,17H,3,8,15H2,1-2H3. The highest BCUT2D eigenvalue weighted by Crippen LogP contribution is 2.19. The SMILES string of the molecule is CCc1ccc(C(Cc2csc(C)n2)NN)cc1. The van der Waals surface area contributed by atoms with Crippen molar-refractivity contribution >= 4 is 11.3 Å². The Morgan fingerprint density at radius 2 is 2.06 bits per heavy atom. The average Bonchev–Trinajstić information content (AvgIpc) is 2.82. The number of aromatic nitrogens is 1. The molecule has 1 unspecified atom stereocenters. The first kappa shape index (κ1) is 13.2. The van der Waals surface area contributed by atoms with Gasteiger partial charge in [-0.25, -0.2) is 4.98 Å². The van der Waals surface area contributed by atoms with Gasteiger partial charge in [-0.2, -0.15) is 0 Å². The van der Waals surface area contributed by atoms with Crippen molar-refractivity contribution in [1.82, 2.24) is 10.4 Å². The van der Waals surface area contributed by atoms with Gasteiger partial charge in [-0.1, -0.05) is 31.2 Å². The summed E-state index contributed by atoms with van der Waals surface area (Å²) >= 11 is 1.68. The number of aryl methyl sites for hydroxylation is 2. The minimum Gasteiger partial charge on any atom is -0.271 e. The van der Waals surface area contributed by atoms with Crippen LogP contribution in [0.3, 0.4) is 0 Å². The number of thiazole rings is 1. The Morgan fingerprint density at radius 3 is 2.56 bits per heavy atom. The van der Waals surface area contributed by atoms with Crippen LogP contribution in [-0.2, 0) is 12.8 Å². The van der Waals surface area contributed by atoms with Crippen molar-refractivity contribution in [3.05, 3.63) is 51.5 Å². The molecule has 4 heteroatoms. The van der Waals surface area contributed by atoms with Crippen molar-refractivity contribution in [1.29, 1.82) is 0 Å². The molecule has 2 rings (SSSR count). The second kappa shape index (κ2) is 6.09. The third-order valence-electron chi connectivity index (χ3n) is 3.07. The summed E-state index contributed by atoms with van der Waals surface area (Å²) in [5, 5.41) is 3.20. The molecule has 0 aliphatic heterocycles. The fourth-order valence-corrected chi connectivity index (χ4v) is 2.60. The Hall–Kier alpha value is -1.23. The van der Waals surface area contributed by atoms with Crippen molar-refractivity contribution in [2.75, 3.05) is 0 Å². The largest absolute Gasteiger partial charge is 0.271 e. The smallest absolute Gasteiger partial charge is 0.0897 e. The van der Waals surface area contributed by atoms with Crippen LogP contribution in [0, 0.1) is 6.92 Å². The Kier molecular flexibility index (Phi) is 4.47. The highest BCUT2D eigenvalue weighted by atomic mass is 32.1. The minimum atomic E-state index is 0.123. The van der Waals surface area contributed by atoms with Crippen LogP contribution in [0.1, 0.15) is 34.8 Å². The zero-order chi connectivity index (χ0) is 13.0. The molecule has 1 heterocycles. The number of nitrogens with zero attached hydrogens (tertiary/aromatic N) is 1. The van der Waals surface area contributed by atoms with Gasteiger partial charge in [-0.15, -0.1) is 11.3 Å². The molecule has 3 N–H and O–H groups in total. The van der Waals surface area contributed by atoms with E-state index in [9.17, 15) is 0 Å². The average molecular weight is 261 g/mol. The van der Waals surface area contributed by atoms with Gasteiger partial charge in [0.25, 0.3) is 0 Å². The van der Waals surface area contributed by atoms with E-state index in [1.807, 2.05) is 6.92 Å². The first-order valence-corrected chi connectivity index (χ1v) is 7.07. The topological polar surface area (TPSA) is 50.9 Å². The molecule has 0 saturated heterocycles. The molecule has 0 spiro atoms. The molecule has 2 aromatic rings. The van der Waals surface area contributed by atoms with Crippen LogP contribution in [0.5, 0.6) is 0 Å². The summed E-state index contributed by atoms with van der Waals surface area (Å²) in [6.07, 6.45) is 1.89. The van der Waals surface area contributed by atoms with Crippen molar-refractivity contribution < 1.29 is 0 Å². The van der Waals surface area contributed by atoms with Crippen LogP contribution in [0.15, 0.2) is 29.6 Å². The van der Waals surface area contributed by atoms with Gasteiger partial charge < -0.3 is 0 Å². The van der Waals surface area contributed by atoms with Crippen LogP contribution >= 0.6 is 11.3 Å². The van der Waals surface area contributed by atoms with Crippen LogP contribution in [0.4, 0.5) is 0 Å². The highest BCUT2D eigenvalue weighted by molar-refractivity contribution is 7.09. The fourth-order valence-electron chi connectivity index (χ4n) is 1.97. The molecule has 0 bridgehead atoms.